The maximum absolute atomic E-state index is 13.0. The van der Waals surface area contributed by atoms with Crippen LogP contribution in [0.3, 0.4) is 0 Å². The number of hydrogen-bond donors (Lipinski definition) is 2. The van der Waals surface area contributed by atoms with Gasteiger partial charge in [-0.15, -0.1) is 0 Å². The van der Waals surface area contributed by atoms with Crippen LogP contribution in [0.4, 0.5) is 4.79 Å². The van der Waals surface area contributed by atoms with E-state index in [1.165, 1.54) is 18.3 Å². The summed E-state index contributed by atoms with van der Waals surface area (Å²) in [7, 11) is -3.87. The monoisotopic (exact) mass is 458 g/mol. The van der Waals surface area contributed by atoms with Gasteiger partial charge in [-0.1, -0.05) is 23.8 Å². The predicted molar refractivity (Wildman–Crippen MR) is 120 cm³/mol. The minimum absolute atomic E-state index is 0.0404. The minimum atomic E-state index is -3.87. The van der Waals surface area contributed by atoms with Gasteiger partial charge >= 0.3 is 6.09 Å². The summed E-state index contributed by atoms with van der Waals surface area (Å²) in [6.07, 6.45) is -0.462. The molecule has 1 aromatic heterocycles. The van der Waals surface area contributed by atoms with E-state index in [0.29, 0.717) is 16.5 Å². The predicted octanol–water partition coefficient (Wildman–Crippen LogP) is 2.50. The number of aromatic nitrogens is 2. The van der Waals surface area contributed by atoms with Crippen LogP contribution in [0.2, 0.25) is 0 Å². The van der Waals surface area contributed by atoms with Crippen LogP contribution in [0, 0.1) is 6.92 Å². The first-order chi connectivity index (χ1) is 14.9. The fraction of sp³-hybridized carbons (Fsp3) is 0.318. The minimum Gasteiger partial charge on any atom is -0.436 e. The second-order valence-corrected chi connectivity index (χ2v) is 10.3. The second kappa shape index (κ2) is 8.62. The lowest BCUT2D eigenvalue weighted by molar-refractivity contribution is -0.126. The van der Waals surface area contributed by atoms with Crippen molar-refractivity contribution in [2.45, 2.75) is 50.7 Å². The lowest BCUT2D eigenvalue weighted by atomic mass is 10.1. The number of nitrogens with two attached hydrogens (primary N) is 1. The Morgan fingerprint density at radius 2 is 1.81 bits per heavy atom. The summed E-state index contributed by atoms with van der Waals surface area (Å²) in [4.78, 5) is 24.0. The zero-order valence-electron chi connectivity index (χ0n) is 18.3. The molecule has 0 unspecified atom stereocenters. The number of aryl methyl sites for hydroxylation is 1. The van der Waals surface area contributed by atoms with E-state index in [1.54, 1.807) is 51.1 Å². The highest BCUT2D eigenvalue weighted by Gasteiger charge is 2.25. The topological polar surface area (TPSA) is 133 Å². The molecule has 3 N–H and O–H groups in total. The van der Waals surface area contributed by atoms with Gasteiger partial charge in [0.05, 0.1) is 16.6 Å². The summed E-state index contributed by atoms with van der Waals surface area (Å²) in [5, 5.41) is 7.22. The molecule has 32 heavy (non-hydrogen) atoms. The molecule has 0 saturated carbocycles. The van der Waals surface area contributed by atoms with Gasteiger partial charge in [0.2, 0.25) is 0 Å². The molecule has 2 aromatic carbocycles. The van der Waals surface area contributed by atoms with E-state index in [0.717, 1.165) is 9.65 Å². The maximum Gasteiger partial charge on any atom is 0.408 e. The summed E-state index contributed by atoms with van der Waals surface area (Å²) in [5.41, 5.74) is 6.84. The number of nitrogens with one attached hydrogen (secondary N) is 1. The van der Waals surface area contributed by atoms with Crippen LogP contribution in [-0.4, -0.2) is 41.2 Å². The Bertz CT molecular complexity index is 1260. The molecule has 10 heteroatoms. The third-order valence-electron chi connectivity index (χ3n) is 4.61. The van der Waals surface area contributed by atoms with Crippen LogP contribution in [0.1, 0.15) is 31.9 Å². The van der Waals surface area contributed by atoms with E-state index in [2.05, 4.69) is 10.4 Å². The Morgan fingerprint density at radius 1 is 1.16 bits per heavy atom. The molecule has 9 nitrogen and oxygen atoms in total. The van der Waals surface area contributed by atoms with Crippen LogP contribution < -0.4 is 11.1 Å². The number of carbonyl (C=O) groups excluding carboxylic acids is 2. The zero-order valence-corrected chi connectivity index (χ0v) is 19.1. The van der Waals surface area contributed by atoms with Gasteiger partial charge in [-0.3, -0.25) is 4.79 Å². The number of nitrogens with zero attached hydrogens (tertiary/aromatic N) is 2. The summed E-state index contributed by atoms with van der Waals surface area (Å²) < 4.78 is 32.1. The molecule has 1 heterocycles. The fourth-order valence-electron chi connectivity index (χ4n) is 3.07. The average molecular weight is 459 g/mol. The lowest BCUT2D eigenvalue weighted by Gasteiger charge is -2.22. The van der Waals surface area contributed by atoms with Gasteiger partial charge < -0.3 is 15.8 Å². The van der Waals surface area contributed by atoms with Crippen LogP contribution >= 0.6 is 0 Å². The van der Waals surface area contributed by atoms with E-state index < -0.39 is 33.7 Å². The molecule has 1 atom stereocenters. The first-order valence-electron chi connectivity index (χ1n) is 9.94. The number of rotatable bonds is 6. The van der Waals surface area contributed by atoms with E-state index in [9.17, 15) is 18.0 Å². The molecule has 0 radical (unpaired) electrons. The van der Waals surface area contributed by atoms with E-state index in [4.69, 9.17) is 10.5 Å². The molecule has 170 valence electrons. The summed E-state index contributed by atoms with van der Waals surface area (Å²) in [5.74, 6) is -0.785. The standard InChI is InChI=1S/C22H26N4O5S/c1-14-5-8-17(9-6-14)32(29,30)26-18-10-7-15(11-16(18)13-24-26)12-19(20(23)27)31-21(28)25-22(2,3)4/h5-11,13,19H,12H2,1-4H3,(H2,23,27)(H,25,28)/t19-/m0/s1. The van der Waals surface area contributed by atoms with Crippen LogP contribution in [0.5, 0.6) is 0 Å². The number of carbonyl (C=O) groups is 2. The van der Waals surface area contributed by atoms with Crippen LogP contribution in [-0.2, 0) is 26.0 Å². The summed E-state index contributed by atoms with van der Waals surface area (Å²) >= 11 is 0. The molecular formula is C22H26N4O5S. The van der Waals surface area contributed by atoms with Gasteiger partial charge in [0.1, 0.15) is 0 Å². The van der Waals surface area contributed by atoms with E-state index in [1.807, 2.05) is 6.92 Å². The second-order valence-electron chi connectivity index (χ2n) is 8.57. The van der Waals surface area contributed by atoms with Crippen molar-refractivity contribution in [3.8, 4) is 0 Å². The Balaban J connectivity index is 1.85. The molecule has 0 fully saturated rings. The number of hydrogen-bond acceptors (Lipinski definition) is 6. The largest absolute Gasteiger partial charge is 0.436 e. The first kappa shape index (κ1) is 23.3. The Kier molecular flexibility index (Phi) is 6.27. The van der Waals surface area contributed by atoms with Gasteiger partial charge in [-0.05, 0) is 57.5 Å². The third-order valence-corrected chi connectivity index (χ3v) is 6.23. The summed E-state index contributed by atoms with van der Waals surface area (Å²) in [6, 6.07) is 11.4. The molecule has 0 aliphatic heterocycles. The van der Waals surface area contributed by atoms with Crippen molar-refractivity contribution < 1.29 is 22.7 Å². The number of benzene rings is 2. The Hall–Kier alpha value is -3.40. The van der Waals surface area contributed by atoms with Crippen LogP contribution in [0.25, 0.3) is 10.9 Å². The Labute approximate surface area is 186 Å². The highest BCUT2D eigenvalue weighted by atomic mass is 32.2. The maximum atomic E-state index is 13.0. The Morgan fingerprint density at radius 3 is 2.41 bits per heavy atom. The molecule has 2 amide bonds. The highest BCUT2D eigenvalue weighted by molar-refractivity contribution is 7.90. The molecule has 3 rings (SSSR count). The fourth-order valence-corrected chi connectivity index (χ4v) is 4.34. The van der Waals surface area contributed by atoms with Crippen molar-refractivity contribution in [1.82, 2.24) is 14.5 Å². The van der Waals surface area contributed by atoms with Crippen molar-refractivity contribution in [1.29, 1.82) is 0 Å². The van der Waals surface area contributed by atoms with Crippen molar-refractivity contribution in [3.05, 3.63) is 59.8 Å². The SMILES string of the molecule is Cc1ccc(S(=O)(=O)n2ncc3cc(C[C@H](OC(=O)NC(C)(C)C)C(N)=O)ccc32)cc1. The zero-order chi connectivity index (χ0) is 23.7. The van der Waals surface area contributed by atoms with Crippen molar-refractivity contribution in [2.24, 2.45) is 5.73 Å². The summed E-state index contributed by atoms with van der Waals surface area (Å²) in [6.45, 7) is 7.22. The number of alkyl carbamates (subject to hydrolysis) is 1. The van der Waals surface area contributed by atoms with Crippen molar-refractivity contribution >= 4 is 32.9 Å². The number of fused-ring (bicyclic) bond motifs is 1. The van der Waals surface area contributed by atoms with E-state index in [-0.39, 0.29) is 11.3 Å². The molecule has 3 aromatic rings. The molecule has 0 aliphatic rings. The molecule has 0 saturated heterocycles. The van der Waals surface area contributed by atoms with Crippen LogP contribution in [0.15, 0.2) is 53.6 Å². The van der Waals surface area contributed by atoms with Crippen molar-refractivity contribution in [2.75, 3.05) is 0 Å². The van der Waals surface area contributed by atoms with E-state index >= 15 is 0 Å². The smallest absolute Gasteiger partial charge is 0.408 e. The third kappa shape index (κ3) is 5.25. The van der Waals surface area contributed by atoms with Crippen molar-refractivity contribution in [3.63, 3.8) is 0 Å². The highest BCUT2D eigenvalue weighted by Crippen LogP contribution is 2.22. The van der Waals surface area contributed by atoms with Gasteiger partial charge in [-0.25, -0.2) is 4.79 Å². The number of ether oxygens (including phenoxy) is 1. The van der Waals surface area contributed by atoms with Gasteiger partial charge in [0.25, 0.3) is 15.9 Å². The van der Waals surface area contributed by atoms with Gasteiger partial charge in [-0.2, -0.15) is 17.6 Å². The molecular weight excluding hydrogens is 432 g/mol. The average Bonchev–Trinajstić information content (AvgIpc) is 3.10. The molecule has 0 spiro atoms. The normalized spacial score (nSPS) is 13.0. The van der Waals surface area contributed by atoms with Gasteiger partial charge in [0, 0.05) is 17.3 Å². The quantitative estimate of drug-likeness (QED) is 0.583. The number of amides is 2. The number of primary amides is 1. The molecule has 0 aliphatic carbocycles. The first-order valence-corrected chi connectivity index (χ1v) is 11.4. The lowest BCUT2D eigenvalue weighted by Crippen LogP contribution is -2.45. The van der Waals surface area contributed by atoms with Gasteiger partial charge in [0.15, 0.2) is 6.10 Å². The molecule has 0 bridgehead atoms.